The van der Waals surface area contributed by atoms with Crippen LogP contribution in [0.15, 0.2) is 72.8 Å². The van der Waals surface area contributed by atoms with E-state index in [0.29, 0.717) is 33.6 Å². The standard InChI is InChI=1S/C33H34F2N2O6.Na.H/c1-19(2)37-28(15-14-26(39)17-27(40)18-29(41)42)30(20-6-10-22(34)11-7-20)31(21-8-12-23(35)13-9-21)32(37)33(43)36-24-4-3-5-25(38)16-24;;/h3-13,16,19,26-27,38-40H,14-15,17-18H2,1-2H3,(H,36,43)(H,41,42);;/t26-,27-;;/m1../s1. The van der Waals surface area contributed by atoms with Gasteiger partial charge < -0.3 is 30.3 Å². The number of anilines is 1. The van der Waals surface area contributed by atoms with Crippen LogP contribution in [0.25, 0.3) is 22.3 Å². The number of phenols is 1. The van der Waals surface area contributed by atoms with E-state index in [-0.39, 0.29) is 66.3 Å². The van der Waals surface area contributed by atoms with Gasteiger partial charge >= 0.3 is 35.5 Å². The van der Waals surface area contributed by atoms with Crippen molar-refractivity contribution < 1.29 is 38.8 Å². The van der Waals surface area contributed by atoms with Crippen LogP contribution in [-0.4, -0.2) is 78.6 Å². The first-order valence-corrected chi connectivity index (χ1v) is 13.9. The van der Waals surface area contributed by atoms with Crippen molar-refractivity contribution in [1.29, 1.82) is 0 Å². The molecule has 0 fully saturated rings. The van der Waals surface area contributed by atoms with Crippen LogP contribution in [0.3, 0.4) is 0 Å². The number of aromatic hydroxyl groups is 1. The molecule has 0 saturated heterocycles. The number of amides is 1. The van der Waals surface area contributed by atoms with Gasteiger partial charge in [-0.3, -0.25) is 9.59 Å². The van der Waals surface area contributed by atoms with Gasteiger partial charge in [-0.2, -0.15) is 0 Å². The Hall–Kier alpha value is -3.54. The summed E-state index contributed by atoms with van der Waals surface area (Å²) in [7, 11) is 0. The second kappa shape index (κ2) is 15.5. The fourth-order valence-corrected chi connectivity index (χ4v) is 5.30. The molecule has 0 unspecified atom stereocenters. The Labute approximate surface area is 276 Å². The average molecular weight is 617 g/mol. The number of nitrogens with zero attached hydrogens (tertiary/aromatic N) is 1. The molecule has 0 aliphatic carbocycles. The summed E-state index contributed by atoms with van der Waals surface area (Å²) in [5.41, 5.74) is 3.38. The van der Waals surface area contributed by atoms with Crippen LogP contribution in [0.4, 0.5) is 14.5 Å². The third kappa shape index (κ3) is 8.55. The summed E-state index contributed by atoms with van der Waals surface area (Å²) < 4.78 is 29.9. The van der Waals surface area contributed by atoms with Crippen molar-refractivity contribution in [2.24, 2.45) is 0 Å². The predicted octanol–water partition coefficient (Wildman–Crippen LogP) is 5.51. The van der Waals surface area contributed by atoms with Gasteiger partial charge in [0.2, 0.25) is 0 Å². The number of phenolic OH excluding ortho intramolecular Hbond substituents is 1. The van der Waals surface area contributed by atoms with Crippen molar-refractivity contribution in [3.05, 3.63) is 95.8 Å². The molecule has 0 aliphatic rings. The number of rotatable bonds is 12. The van der Waals surface area contributed by atoms with Gasteiger partial charge in [0.05, 0.1) is 18.6 Å². The first-order valence-electron chi connectivity index (χ1n) is 13.9. The van der Waals surface area contributed by atoms with E-state index < -0.39 is 42.1 Å². The number of aliphatic hydroxyl groups is 2. The number of aliphatic hydroxyl groups excluding tert-OH is 2. The van der Waals surface area contributed by atoms with Gasteiger partial charge in [0, 0.05) is 34.6 Å². The van der Waals surface area contributed by atoms with Gasteiger partial charge in [-0.05, 0) is 80.6 Å². The zero-order valence-corrected chi connectivity index (χ0v) is 23.8. The molecule has 0 radical (unpaired) electrons. The summed E-state index contributed by atoms with van der Waals surface area (Å²) in [5, 5.41) is 42.5. The summed E-state index contributed by atoms with van der Waals surface area (Å²) in [6.07, 6.45) is -2.62. The minimum absolute atomic E-state index is 0. The normalized spacial score (nSPS) is 12.4. The number of carbonyl (C=O) groups excluding carboxylic acids is 1. The molecule has 4 aromatic rings. The Morgan fingerprint density at radius 2 is 1.43 bits per heavy atom. The van der Waals surface area contributed by atoms with Gasteiger partial charge in [0.1, 0.15) is 23.1 Å². The predicted molar refractivity (Wildman–Crippen MR) is 166 cm³/mol. The number of carboxylic acid groups (broad SMARTS) is 1. The Morgan fingerprint density at radius 3 is 1.95 bits per heavy atom. The van der Waals surface area contributed by atoms with E-state index in [1.165, 1.54) is 36.4 Å². The molecule has 0 spiro atoms. The van der Waals surface area contributed by atoms with Crippen LogP contribution < -0.4 is 5.32 Å². The van der Waals surface area contributed by atoms with Crippen LogP contribution >= 0.6 is 0 Å². The van der Waals surface area contributed by atoms with Gasteiger partial charge in [0.25, 0.3) is 5.91 Å². The monoisotopic (exact) mass is 616 g/mol. The molecular weight excluding hydrogens is 581 g/mol. The fourth-order valence-electron chi connectivity index (χ4n) is 5.30. The van der Waals surface area contributed by atoms with Crippen molar-refractivity contribution in [3.63, 3.8) is 0 Å². The molecule has 3 aromatic carbocycles. The number of aliphatic carboxylic acids is 1. The molecule has 1 amide bonds. The molecular formula is C33H35F2N2NaO6. The maximum absolute atomic E-state index is 14.1. The SMILES string of the molecule is CC(C)n1c(CC[C@@H](O)C[C@@H](O)CC(=O)O)c(-c2ccc(F)cc2)c(-c2ccc(F)cc2)c1C(=O)Nc1cccc(O)c1.[NaH]. The first kappa shape index (κ1) is 34.9. The third-order valence-corrected chi connectivity index (χ3v) is 7.08. The third-order valence-electron chi connectivity index (χ3n) is 7.08. The molecule has 0 bridgehead atoms. The molecule has 1 heterocycles. The van der Waals surface area contributed by atoms with Gasteiger partial charge in [-0.1, -0.05) is 30.3 Å². The number of aromatic nitrogens is 1. The molecule has 0 aliphatic heterocycles. The zero-order valence-electron chi connectivity index (χ0n) is 23.8. The maximum atomic E-state index is 14.1. The number of halogens is 2. The zero-order chi connectivity index (χ0) is 31.3. The first-order chi connectivity index (χ1) is 20.4. The number of nitrogens with one attached hydrogen (secondary N) is 1. The molecule has 11 heteroatoms. The molecule has 1 aromatic heterocycles. The summed E-state index contributed by atoms with van der Waals surface area (Å²) >= 11 is 0. The van der Waals surface area contributed by atoms with Gasteiger partial charge in [0.15, 0.2) is 0 Å². The summed E-state index contributed by atoms with van der Waals surface area (Å²) in [6.45, 7) is 3.76. The fraction of sp³-hybridized carbons (Fsp3) is 0.273. The topological polar surface area (TPSA) is 132 Å². The minimum atomic E-state index is -1.24. The summed E-state index contributed by atoms with van der Waals surface area (Å²) in [4.78, 5) is 25.0. The number of hydrogen-bond acceptors (Lipinski definition) is 5. The Morgan fingerprint density at radius 1 is 0.864 bits per heavy atom. The van der Waals surface area contributed by atoms with Gasteiger partial charge in [-0.15, -0.1) is 0 Å². The van der Waals surface area contributed by atoms with Crippen LogP contribution in [0.1, 0.15) is 55.3 Å². The molecule has 8 nitrogen and oxygen atoms in total. The van der Waals surface area contributed by atoms with Crippen LogP contribution in [-0.2, 0) is 11.2 Å². The molecule has 5 N–H and O–H groups in total. The Kier molecular flexibility index (Phi) is 12.3. The Bertz CT molecular complexity index is 1590. The van der Waals surface area contributed by atoms with Crippen molar-refractivity contribution in [2.45, 2.75) is 57.8 Å². The van der Waals surface area contributed by atoms with Crippen molar-refractivity contribution in [3.8, 4) is 28.0 Å². The van der Waals surface area contributed by atoms with Crippen LogP contribution in [0.5, 0.6) is 5.75 Å². The van der Waals surface area contributed by atoms with E-state index >= 15 is 0 Å². The summed E-state index contributed by atoms with van der Waals surface area (Å²) in [5.74, 6) is -2.66. The second-order valence-electron chi connectivity index (χ2n) is 10.7. The van der Waals surface area contributed by atoms with E-state index in [9.17, 15) is 33.7 Å². The number of benzene rings is 3. The van der Waals surface area contributed by atoms with E-state index in [2.05, 4.69) is 5.32 Å². The molecule has 2 atom stereocenters. The summed E-state index contributed by atoms with van der Waals surface area (Å²) in [6, 6.07) is 17.2. The number of carbonyl (C=O) groups is 2. The molecule has 228 valence electrons. The molecule has 0 saturated carbocycles. The van der Waals surface area contributed by atoms with E-state index in [1.54, 1.807) is 36.4 Å². The molecule has 44 heavy (non-hydrogen) atoms. The van der Waals surface area contributed by atoms with Crippen molar-refractivity contribution in [1.82, 2.24) is 4.57 Å². The van der Waals surface area contributed by atoms with Crippen molar-refractivity contribution >= 4 is 47.1 Å². The Balaban J connectivity index is 0.00000529. The van der Waals surface area contributed by atoms with Crippen LogP contribution in [0.2, 0.25) is 0 Å². The van der Waals surface area contributed by atoms with E-state index in [4.69, 9.17) is 5.11 Å². The number of carboxylic acids is 1. The van der Waals surface area contributed by atoms with Crippen LogP contribution in [0, 0.1) is 11.6 Å². The van der Waals surface area contributed by atoms with E-state index in [0.717, 1.165) is 0 Å². The quantitative estimate of drug-likeness (QED) is 0.133. The van der Waals surface area contributed by atoms with Gasteiger partial charge in [-0.25, -0.2) is 8.78 Å². The number of hydrogen-bond donors (Lipinski definition) is 5. The average Bonchev–Trinajstić information content (AvgIpc) is 3.28. The second-order valence-corrected chi connectivity index (χ2v) is 10.7. The van der Waals surface area contributed by atoms with E-state index in [1.807, 2.05) is 18.4 Å². The van der Waals surface area contributed by atoms with Crippen molar-refractivity contribution in [2.75, 3.05) is 5.32 Å². The molecule has 4 rings (SSSR count).